The number of ether oxygens (including phenoxy) is 1. The molecule has 0 radical (unpaired) electrons. The molecule has 0 saturated heterocycles. The zero-order valence-corrected chi connectivity index (χ0v) is 9.60. The van der Waals surface area contributed by atoms with Crippen LogP contribution in [0.25, 0.3) is 0 Å². The Kier molecular flexibility index (Phi) is 4.13. The van der Waals surface area contributed by atoms with Gasteiger partial charge in [-0.15, -0.1) is 0 Å². The van der Waals surface area contributed by atoms with E-state index in [2.05, 4.69) is 5.32 Å². The van der Waals surface area contributed by atoms with E-state index in [1.807, 2.05) is 0 Å². The molecule has 5 nitrogen and oxygen atoms in total. The van der Waals surface area contributed by atoms with Crippen molar-refractivity contribution in [2.75, 3.05) is 12.4 Å². The van der Waals surface area contributed by atoms with Crippen molar-refractivity contribution in [1.29, 1.82) is 0 Å². The van der Waals surface area contributed by atoms with Crippen LogP contribution in [-0.4, -0.2) is 29.5 Å². The van der Waals surface area contributed by atoms with Crippen molar-refractivity contribution in [2.24, 2.45) is 0 Å². The molecule has 16 heavy (non-hydrogen) atoms. The predicted molar refractivity (Wildman–Crippen MR) is 60.8 cm³/mol. The molecule has 0 aromatic heterocycles. The zero-order valence-electron chi connectivity index (χ0n) is 9.60. The molecule has 0 spiro atoms. The van der Waals surface area contributed by atoms with Gasteiger partial charge in [-0.3, -0.25) is 5.21 Å². The van der Waals surface area contributed by atoms with E-state index in [9.17, 15) is 10.0 Å². The minimum absolute atomic E-state index is 0.283. The number of para-hydroxylation sites is 2. The summed E-state index contributed by atoms with van der Waals surface area (Å²) in [4.78, 5) is 11.5. The Morgan fingerprint density at radius 3 is 2.62 bits per heavy atom. The van der Waals surface area contributed by atoms with Crippen molar-refractivity contribution in [1.82, 2.24) is 5.06 Å². The molecule has 2 amide bonds. The van der Waals surface area contributed by atoms with Gasteiger partial charge in [-0.2, -0.15) is 0 Å². The van der Waals surface area contributed by atoms with Crippen molar-refractivity contribution >= 4 is 11.7 Å². The SMILES string of the molecule is COc1ccccc1NC(=O)N(O)C(C)C. The summed E-state index contributed by atoms with van der Waals surface area (Å²) < 4.78 is 5.07. The van der Waals surface area contributed by atoms with Crippen molar-refractivity contribution < 1.29 is 14.7 Å². The number of anilines is 1. The number of benzene rings is 1. The lowest BCUT2D eigenvalue weighted by Crippen LogP contribution is -2.37. The number of hydrogen-bond acceptors (Lipinski definition) is 3. The molecule has 1 rings (SSSR count). The summed E-state index contributed by atoms with van der Waals surface area (Å²) in [5, 5.41) is 12.6. The average molecular weight is 224 g/mol. The summed E-state index contributed by atoms with van der Waals surface area (Å²) in [6.45, 7) is 3.42. The Labute approximate surface area is 94.6 Å². The molecule has 1 aromatic rings. The fourth-order valence-corrected chi connectivity index (χ4v) is 1.15. The Morgan fingerprint density at radius 1 is 1.44 bits per heavy atom. The van der Waals surface area contributed by atoms with E-state index in [1.54, 1.807) is 38.1 Å². The maximum Gasteiger partial charge on any atom is 0.345 e. The first kappa shape index (κ1) is 12.3. The van der Waals surface area contributed by atoms with Crippen LogP contribution in [-0.2, 0) is 0 Å². The van der Waals surface area contributed by atoms with Crippen molar-refractivity contribution in [3.63, 3.8) is 0 Å². The zero-order chi connectivity index (χ0) is 12.1. The standard InChI is InChI=1S/C11H16N2O3/c1-8(2)13(15)11(14)12-9-6-4-5-7-10(9)16-3/h4-8,15H,1-3H3,(H,12,14). The first-order valence-corrected chi connectivity index (χ1v) is 4.98. The minimum atomic E-state index is -0.584. The van der Waals surface area contributed by atoms with E-state index in [-0.39, 0.29) is 6.04 Å². The number of rotatable bonds is 3. The molecular weight excluding hydrogens is 208 g/mol. The van der Waals surface area contributed by atoms with Gasteiger partial charge in [0.05, 0.1) is 18.8 Å². The van der Waals surface area contributed by atoms with Gasteiger partial charge in [0.15, 0.2) is 0 Å². The number of hydrogen-bond donors (Lipinski definition) is 2. The molecule has 0 unspecified atom stereocenters. The molecule has 0 atom stereocenters. The topological polar surface area (TPSA) is 61.8 Å². The highest BCUT2D eigenvalue weighted by Gasteiger charge is 2.15. The van der Waals surface area contributed by atoms with Crippen LogP contribution >= 0.6 is 0 Å². The summed E-state index contributed by atoms with van der Waals surface area (Å²) in [7, 11) is 1.52. The average Bonchev–Trinajstić information content (AvgIpc) is 2.28. The third-order valence-electron chi connectivity index (χ3n) is 2.05. The molecular formula is C11H16N2O3. The highest BCUT2D eigenvalue weighted by molar-refractivity contribution is 5.90. The minimum Gasteiger partial charge on any atom is -0.495 e. The number of carbonyl (C=O) groups is 1. The molecule has 0 saturated carbocycles. The lowest BCUT2D eigenvalue weighted by molar-refractivity contribution is -0.0622. The number of nitrogens with zero attached hydrogens (tertiary/aromatic N) is 1. The smallest absolute Gasteiger partial charge is 0.345 e. The summed E-state index contributed by atoms with van der Waals surface area (Å²) in [5.41, 5.74) is 0.523. The Hall–Kier alpha value is -1.75. The maximum absolute atomic E-state index is 11.5. The maximum atomic E-state index is 11.5. The third kappa shape index (κ3) is 2.87. The Morgan fingerprint density at radius 2 is 2.06 bits per heavy atom. The normalized spacial score (nSPS) is 10.1. The molecule has 88 valence electrons. The van der Waals surface area contributed by atoms with Crippen LogP contribution in [0.15, 0.2) is 24.3 Å². The van der Waals surface area contributed by atoms with Crippen molar-refractivity contribution in [2.45, 2.75) is 19.9 Å². The molecule has 2 N–H and O–H groups in total. The number of amides is 2. The monoisotopic (exact) mass is 224 g/mol. The molecule has 1 aromatic carbocycles. The third-order valence-corrected chi connectivity index (χ3v) is 2.05. The van der Waals surface area contributed by atoms with Crippen LogP contribution in [0.5, 0.6) is 5.75 Å². The van der Waals surface area contributed by atoms with Crippen LogP contribution < -0.4 is 10.1 Å². The van der Waals surface area contributed by atoms with Gasteiger partial charge in [0, 0.05) is 0 Å². The van der Waals surface area contributed by atoms with E-state index in [0.29, 0.717) is 16.5 Å². The fraction of sp³-hybridized carbons (Fsp3) is 0.364. The first-order chi connectivity index (χ1) is 7.56. The second-order valence-corrected chi connectivity index (χ2v) is 3.57. The number of urea groups is 1. The lowest BCUT2D eigenvalue weighted by atomic mass is 10.3. The quantitative estimate of drug-likeness (QED) is 0.611. The van der Waals surface area contributed by atoms with Crippen LogP contribution in [0, 0.1) is 0 Å². The molecule has 0 aliphatic rings. The number of nitrogens with one attached hydrogen (secondary N) is 1. The molecule has 5 heteroatoms. The summed E-state index contributed by atoms with van der Waals surface area (Å²) in [6, 6.07) is 6.13. The fourth-order valence-electron chi connectivity index (χ4n) is 1.15. The molecule has 0 heterocycles. The van der Waals surface area contributed by atoms with Crippen molar-refractivity contribution in [3.05, 3.63) is 24.3 Å². The second-order valence-electron chi connectivity index (χ2n) is 3.57. The van der Waals surface area contributed by atoms with E-state index >= 15 is 0 Å². The number of hydroxylamine groups is 2. The van der Waals surface area contributed by atoms with Gasteiger partial charge in [0.1, 0.15) is 5.75 Å². The van der Waals surface area contributed by atoms with Gasteiger partial charge in [-0.1, -0.05) is 12.1 Å². The molecule has 0 aliphatic heterocycles. The van der Waals surface area contributed by atoms with Gasteiger partial charge in [-0.05, 0) is 26.0 Å². The summed E-state index contributed by atoms with van der Waals surface area (Å²) in [5.74, 6) is 0.549. The van der Waals surface area contributed by atoms with Crippen LogP contribution in [0.3, 0.4) is 0 Å². The van der Waals surface area contributed by atoms with Gasteiger partial charge < -0.3 is 10.1 Å². The number of methoxy groups -OCH3 is 1. The van der Waals surface area contributed by atoms with Gasteiger partial charge in [-0.25, -0.2) is 9.86 Å². The summed E-state index contributed by atoms with van der Waals surface area (Å²) in [6.07, 6.45) is 0. The first-order valence-electron chi connectivity index (χ1n) is 4.98. The summed E-state index contributed by atoms with van der Waals surface area (Å²) >= 11 is 0. The van der Waals surface area contributed by atoms with E-state index in [4.69, 9.17) is 4.74 Å². The Balaban J connectivity index is 2.76. The predicted octanol–water partition coefficient (Wildman–Crippen LogP) is 2.33. The van der Waals surface area contributed by atoms with E-state index in [1.165, 1.54) is 7.11 Å². The van der Waals surface area contributed by atoms with Crippen LogP contribution in [0.1, 0.15) is 13.8 Å². The molecule has 0 bridgehead atoms. The lowest BCUT2D eigenvalue weighted by Gasteiger charge is -2.20. The van der Waals surface area contributed by atoms with E-state index < -0.39 is 6.03 Å². The van der Waals surface area contributed by atoms with Gasteiger partial charge in [0.2, 0.25) is 0 Å². The van der Waals surface area contributed by atoms with Gasteiger partial charge >= 0.3 is 6.03 Å². The second kappa shape index (κ2) is 5.37. The molecule has 0 aliphatic carbocycles. The highest BCUT2D eigenvalue weighted by Crippen LogP contribution is 2.23. The highest BCUT2D eigenvalue weighted by atomic mass is 16.5. The molecule has 0 fully saturated rings. The number of carbonyl (C=O) groups excluding carboxylic acids is 1. The van der Waals surface area contributed by atoms with Crippen molar-refractivity contribution in [3.8, 4) is 5.75 Å². The largest absolute Gasteiger partial charge is 0.495 e. The Bertz CT molecular complexity index is 366. The van der Waals surface area contributed by atoms with Crippen LogP contribution in [0.4, 0.5) is 10.5 Å². The van der Waals surface area contributed by atoms with Gasteiger partial charge in [0.25, 0.3) is 0 Å². The van der Waals surface area contributed by atoms with E-state index in [0.717, 1.165) is 0 Å². The van der Waals surface area contributed by atoms with Crippen LogP contribution in [0.2, 0.25) is 0 Å².